The van der Waals surface area contributed by atoms with Crippen molar-refractivity contribution in [1.82, 2.24) is 14.3 Å². The number of nitrogens with zero attached hydrogens (tertiary/aromatic N) is 4. The first-order chi connectivity index (χ1) is 21.9. The fourth-order valence-corrected chi connectivity index (χ4v) is 5.78. The number of amides is 1. The van der Waals surface area contributed by atoms with Crippen molar-refractivity contribution in [2.45, 2.75) is 38.2 Å². The molecule has 4 N–H and O–H groups in total. The summed E-state index contributed by atoms with van der Waals surface area (Å²) in [4.78, 5) is 22.1. The highest BCUT2D eigenvalue weighted by Crippen LogP contribution is 2.30. The van der Waals surface area contributed by atoms with Crippen LogP contribution in [0.1, 0.15) is 36.9 Å². The predicted molar refractivity (Wildman–Crippen MR) is 170 cm³/mol. The Hall–Kier alpha value is -4.64. The molecule has 0 unspecified atom stereocenters. The average Bonchev–Trinajstić information content (AvgIpc) is 3.42. The molecule has 0 aliphatic heterocycles. The highest BCUT2D eigenvalue weighted by atomic mass is 32.1. The fourth-order valence-electron chi connectivity index (χ4n) is 5.11. The van der Waals surface area contributed by atoms with Gasteiger partial charge in [-0.25, -0.2) is 14.4 Å². The predicted octanol–water partition coefficient (Wildman–Crippen LogP) is 5.87. The van der Waals surface area contributed by atoms with Gasteiger partial charge in [0.25, 0.3) is 0 Å². The van der Waals surface area contributed by atoms with Crippen LogP contribution in [0.5, 0.6) is 5.88 Å². The molecule has 0 radical (unpaired) electrons. The zero-order valence-corrected chi connectivity index (χ0v) is 25.6. The monoisotopic (exact) mass is 631 g/mol. The van der Waals surface area contributed by atoms with Crippen LogP contribution in [0.25, 0.3) is 11.1 Å². The van der Waals surface area contributed by atoms with Crippen LogP contribution < -0.4 is 16.0 Å². The first-order valence-corrected chi connectivity index (χ1v) is 15.4. The van der Waals surface area contributed by atoms with E-state index >= 15 is 0 Å². The minimum absolute atomic E-state index is 0.0362. The van der Waals surface area contributed by atoms with Crippen LogP contribution >= 0.6 is 11.5 Å². The molecule has 1 aromatic carbocycles. The van der Waals surface area contributed by atoms with E-state index in [4.69, 9.17) is 19.7 Å². The summed E-state index contributed by atoms with van der Waals surface area (Å²) in [6, 6.07) is 15.5. The number of anilines is 4. The van der Waals surface area contributed by atoms with Crippen LogP contribution in [0.15, 0.2) is 54.7 Å². The summed E-state index contributed by atoms with van der Waals surface area (Å²) in [6.45, 7) is 1.18. The molecule has 1 fully saturated rings. The molecule has 3 heterocycles. The van der Waals surface area contributed by atoms with Crippen molar-refractivity contribution >= 4 is 39.8 Å². The van der Waals surface area contributed by atoms with Gasteiger partial charge < -0.3 is 30.5 Å². The molecule has 1 saturated carbocycles. The first-order valence-electron chi connectivity index (χ1n) is 14.7. The van der Waals surface area contributed by atoms with Gasteiger partial charge >= 0.3 is 0 Å². The number of methoxy groups -OCH3 is 1. The number of rotatable bonds is 13. The maximum atomic E-state index is 13.5. The Bertz CT molecular complexity index is 1640. The van der Waals surface area contributed by atoms with Gasteiger partial charge in [0.2, 0.25) is 11.8 Å². The van der Waals surface area contributed by atoms with Gasteiger partial charge in [-0.05, 0) is 96.9 Å². The molecular weight excluding hydrogens is 597 g/mol. The van der Waals surface area contributed by atoms with Gasteiger partial charge in [-0.2, -0.15) is 9.64 Å². The maximum absolute atomic E-state index is 13.5. The topological polar surface area (TPSA) is 154 Å². The minimum atomic E-state index is -0.330. The van der Waals surface area contributed by atoms with E-state index in [0.717, 1.165) is 54.0 Å². The number of hydrogen-bond donors (Lipinski definition) is 4. The molecule has 0 atom stereocenters. The minimum Gasteiger partial charge on any atom is -0.492 e. The summed E-state index contributed by atoms with van der Waals surface area (Å²) in [6.07, 6.45) is 5.68. The molecule has 4 aromatic rings. The van der Waals surface area contributed by atoms with Crippen molar-refractivity contribution in [3.05, 3.63) is 71.8 Å². The summed E-state index contributed by atoms with van der Waals surface area (Å²) >= 11 is 1.02. The highest BCUT2D eigenvalue weighted by molar-refractivity contribution is 7.10. The van der Waals surface area contributed by atoms with Crippen LogP contribution in [0.4, 0.5) is 26.7 Å². The first kappa shape index (κ1) is 31.8. The van der Waals surface area contributed by atoms with E-state index in [1.807, 2.05) is 30.3 Å². The van der Waals surface area contributed by atoms with E-state index < -0.39 is 0 Å². The number of pyridine rings is 2. The number of nitrogens with one attached hydrogen (secondary N) is 3. The number of halogens is 1. The molecule has 0 spiro atoms. The Kier molecular flexibility index (Phi) is 10.9. The summed E-state index contributed by atoms with van der Waals surface area (Å²) in [5.41, 5.74) is 3.28. The Morgan fingerprint density at radius 1 is 1.09 bits per heavy atom. The molecule has 0 bridgehead atoms. The van der Waals surface area contributed by atoms with Crippen LogP contribution in [0.2, 0.25) is 0 Å². The van der Waals surface area contributed by atoms with Crippen LogP contribution in [0, 0.1) is 23.1 Å². The lowest BCUT2D eigenvalue weighted by Gasteiger charge is -2.26. The molecule has 45 heavy (non-hydrogen) atoms. The normalized spacial score (nSPS) is 16.1. The van der Waals surface area contributed by atoms with Crippen molar-refractivity contribution in [3.8, 4) is 23.1 Å². The van der Waals surface area contributed by atoms with Gasteiger partial charge in [-0.15, -0.1) is 0 Å². The second-order valence-corrected chi connectivity index (χ2v) is 11.4. The van der Waals surface area contributed by atoms with Crippen molar-refractivity contribution < 1.29 is 23.8 Å². The van der Waals surface area contributed by atoms with Gasteiger partial charge in [-0.3, -0.25) is 4.79 Å². The lowest BCUT2D eigenvalue weighted by atomic mass is 9.87. The Morgan fingerprint density at radius 3 is 2.62 bits per heavy atom. The number of aromatic nitrogens is 3. The summed E-state index contributed by atoms with van der Waals surface area (Å²) in [7, 11) is 1.71. The molecule has 1 aliphatic rings. The van der Waals surface area contributed by atoms with E-state index in [1.165, 1.54) is 12.1 Å². The average molecular weight is 632 g/mol. The lowest BCUT2D eigenvalue weighted by Crippen LogP contribution is -2.29. The molecule has 3 aromatic heterocycles. The molecule has 1 amide bonds. The number of ether oxygens (including phenoxy) is 2. The van der Waals surface area contributed by atoms with Gasteiger partial charge in [0.15, 0.2) is 0 Å². The van der Waals surface area contributed by atoms with Crippen LogP contribution in [-0.2, 0) is 20.7 Å². The van der Waals surface area contributed by atoms with Gasteiger partial charge in [0.1, 0.15) is 34.1 Å². The zero-order valence-electron chi connectivity index (χ0n) is 24.8. The third-order valence-corrected chi connectivity index (χ3v) is 8.33. The number of hydrogen-bond acceptors (Lipinski definition) is 11. The number of aromatic hydroxyl groups is 1. The number of nitriles is 1. The Morgan fingerprint density at radius 2 is 1.87 bits per heavy atom. The molecule has 234 valence electrons. The Balaban J connectivity index is 1.25. The van der Waals surface area contributed by atoms with E-state index in [9.17, 15) is 14.3 Å². The van der Waals surface area contributed by atoms with Crippen LogP contribution in [0.3, 0.4) is 0 Å². The van der Waals surface area contributed by atoms with Gasteiger partial charge in [0, 0.05) is 43.6 Å². The summed E-state index contributed by atoms with van der Waals surface area (Å²) < 4.78 is 28.5. The van der Waals surface area contributed by atoms with Crippen molar-refractivity contribution in [2.75, 3.05) is 42.8 Å². The quantitative estimate of drug-likeness (QED) is 0.132. The van der Waals surface area contributed by atoms with Crippen molar-refractivity contribution in [2.24, 2.45) is 5.92 Å². The van der Waals surface area contributed by atoms with Gasteiger partial charge in [0.05, 0.1) is 19.3 Å². The number of carbonyl (C=O) groups excluding carboxylic acids is 1. The SMILES string of the molecule is CO[C@H]1CC[C@@H](C(=O)Nc2cc(-c3cc(CCOCCNc4snc(O)c4C#N)nc(Nc4ccc(F)cc4)c3)ccn2)CC1. The molecular formula is C32H34FN7O4S. The largest absolute Gasteiger partial charge is 0.492 e. The van der Waals surface area contributed by atoms with Crippen molar-refractivity contribution in [1.29, 1.82) is 5.26 Å². The molecule has 11 nitrogen and oxygen atoms in total. The standard InChI is InChI=1S/C32H34FN7O4S/c1-43-26-8-2-20(3-9-26)30(41)39-28-17-21(10-12-35-28)22-16-25(38-29(18-22)37-24-6-4-23(33)5-7-24)11-14-44-15-13-36-32-27(19-34)31(42)40-45-32/h4-7,10,12,16-18,20,26,36H,2-3,8-9,11,13-15H2,1H3,(H,37,38)(H,40,42)(H,35,39,41)/t20-,26+. The van der Waals surface area contributed by atoms with Crippen molar-refractivity contribution in [3.63, 3.8) is 0 Å². The molecule has 5 rings (SSSR count). The summed E-state index contributed by atoms with van der Waals surface area (Å²) in [5, 5.41) is 28.5. The second-order valence-electron chi connectivity index (χ2n) is 10.6. The maximum Gasteiger partial charge on any atom is 0.243 e. The van der Waals surface area contributed by atoms with E-state index in [-0.39, 0.29) is 35.2 Å². The molecule has 0 saturated heterocycles. The number of benzene rings is 1. The summed E-state index contributed by atoms with van der Waals surface area (Å²) in [5.74, 6) is 0.327. The van der Waals surface area contributed by atoms with E-state index in [0.29, 0.717) is 48.5 Å². The van der Waals surface area contributed by atoms with E-state index in [2.05, 4.69) is 25.3 Å². The van der Waals surface area contributed by atoms with Crippen LogP contribution in [-0.4, -0.2) is 58.3 Å². The molecule has 1 aliphatic carbocycles. The smallest absolute Gasteiger partial charge is 0.243 e. The third-order valence-electron chi connectivity index (χ3n) is 7.54. The zero-order chi connectivity index (χ0) is 31.6. The lowest BCUT2D eigenvalue weighted by molar-refractivity contribution is -0.121. The second kappa shape index (κ2) is 15.4. The van der Waals surface area contributed by atoms with E-state index in [1.54, 1.807) is 25.4 Å². The Labute approximate surface area is 264 Å². The highest BCUT2D eigenvalue weighted by Gasteiger charge is 2.26. The van der Waals surface area contributed by atoms with Gasteiger partial charge in [-0.1, -0.05) is 0 Å². The fraction of sp³-hybridized carbons (Fsp3) is 0.344. The number of carbonyl (C=O) groups is 1. The molecule has 13 heteroatoms. The third kappa shape index (κ3) is 8.72.